The molecule has 3 heterocycles. The van der Waals surface area contributed by atoms with Crippen LogP contribution in [-0.2, 0) is 0 Å². The Morgan fingerprint density at radius 1 is 1.23 bits per heavy atom. The van der Waals surface area contributed by atoms with Crippen LogP contribution in [0.3, 0.4) is 0 Å². The molecule has 0 aliphatic carbocycles. The standard InChI is InChI=1S/C15H25ClN6/c1-3-20-6-8-21(9-7-20)12-4-5-22(10-12)15-13(17-2)14(16)18-11-19-15/h11-12,17H,3-10H2,1-2H3. The highest BCUT2D eigenvalue weighted by atomic mass is 35.5. The van der Waals surface area contributed by atoms with Crippen molar-refractivity contribution in [2.75, 3.05) is 63.1 Å². The molecule has 1 aromatic rings. The van der Waals surface area contributed by atoms with E-state index in [-0.39, 0.29) is 0 Å². The van der Waals surface area contributed by atoms with Gasteiger partial charge in [0, 0.05) is 52.4 Å². The minimum Gasteiger partial charge on any atom is -0.383 e. The van der Waals surface area contributed by atoms with Crippen molar-refractivity contribution in [2.24, 2.45) is 0 Å². The number of hydrogen-bond acceptors (Lipinski definition) is 6. The highest BCUT2D eigenvalue weighted by molar-refractivity contribution is 6.32. The molecule has 7 heteroatoms. The molecule has 3 rings (SSSR count). The van der Waals surface area contributed by atoms with E-state index in [1.807, 2.05) is 7.05 Å². The molecular weight excluding hydrogens is 300 g/mol. The summed E-state index contributed by atoms with van der Waals surface area (Å²) in [5, 5.41) is 3.62. The predicted octanol–water partition coefficient (Wildman–Crippen LogP) is 1.39. The first-order valence-electron chi connectivity index (χ1n) is 8.12. The van der Waals surface area contributed by atoms with E-state index in [9.17, 15) is 0 Å². The lowest BCUT2D eigenvalue weighted by atomic mass is 10.2. The van der Waals surface area contributed by atoms with Crippen LogP contribution < -0.4 is 10.2 Å². The summed E-state index contributed by atoms with van der Waals surface area (Å²) in [5.41, 5.74) is 0.834. The average molecular weight is 325 g/mol. The van der Waals surface area contributed by atoms with Crippen molar-refractivity contribution < 1.29 is 0 Å². The Bertz CT molecular complexity index is 503. The van der Waals surface area contributed by atoms with Gasteiger partial charge in [-0.25, -0.2) is 9.97 Å². The van der Waals surface area contributed by atoms with Gasteiger partial charge in [0.15, 0.2) is 11.0 Å². The van der Waals surface area contributed by atoms with E-state index in [2.05, 4.69) is 36.9 Å². The number of nitrogens with zero attached hydrogens (tertiary/aromatic N) is 5. The van der Waals surface area contributed by atoms with E-state index in [4.69, 9.17) is 11.6 Å². The summed E-state index contributed by atoms with van der Waals surface area (Å²) in [6.45, 7) is 10.2. The molecule has 122 valence electrons. The highest BCUT2D eigenvalue weighted by Crippen LogP contribution is 2.31. The molecule has 0 amide bonds. The Labute approximate surface area is 137 Å². The minimum absolute atomic E-state index is 0.493. The zero-order chi connectivity index (χ0) is 15.5. The fourth-order valence-corrected chi connectivity index (χ4v) is 3.71. The molecular formula is C15H25ClN6. The summed E-state index contributed by atoms with van der Waals surface area (Å²) in [4.78, 5) is 16.0. The molecule has 0 spiro atoms. The number of halogens is 1. The van der Waals surface area contributed by atoms with Crippen LogP contribution >= 0.6 is 11.6 Å². The summed E-state index contributed by atoms with van der Waals surface area (Å²) >= 11 is 6.17. The molecule has 0 aromatic carbocycles. The summed E-state index contributed by atoms with van der Waals surface area (Å²) in [6.07, 6.45) is 2.74. The summed E-state index contributed by atoms with van der Waals surface area (Å²) in [7, 11) is 1.87. The molecule has 0 radical (unpaired) electrons. The van der Waals surface area contributed by atoms with E-state index in [0.29, 0.717) is 11.2 Å². The van der Waals surface area contributed by atoms with Crippen LogP contribution in [0.4, 0.5) is 11.5 Å². The molecule has 1 unspecified atom stereocenters. The molecule has 2 aliphatic heterocycles. The van der Waals surface area contributed by atoms with Gasteiger partial charge in [0.05, 0.1) is 0 Å². The Morgan fingerprint density at radius 3 is 2.68 bits per heavy atom. The van der Waals surface area contributed by atoms with Gasteiger partial charge in [-0.15, -0.1) is 0 Å². The molecule has 6 nitrogen and oxygen atoms in total. The number of rotatable bonds is 4. The van der Waals surface area contributed by atoms with E-state index >= 15 is 0 Å². The van der Waals surface area contributed by atoms with Crippen molar-refractivity contribution in [3.05, 3.63) is 11.5 Å². The molecule has 0 bridgehead atoms. The average Bonchev–Trinajstić information content (AvgIpc) is 3.04. The molecule has 0 saturated carbocycles. The second-order valence-electron chi connectivity index (χ2n) is 5.97. The molecule has 1 atom stereocenters. The lowest BCUT2D eigenvalue weighted by Gasteiger charge is -2.37. The smallest absolute Gasteiger partial charge is 0.157 e. The summed E-state index contributed by atoms with van der Waals surface area (Å²) in [6, 6.07) is 0.623. The first-order chi connectivity index (χ1) is 10.7. The highest BCUT2D eigenvalue weighted by Gasteiger charge is 2.31. The van der Waals surface area contributed by atoms with E-state index in [1.165, 1.54) is 32.6 Å². The third-order valence-corrected chi connectivity index (χ3v) is 5.15. The van der Waals surface area contributed by atoms with Crippen LogP contribution in [0.15, 0.2) is 6.33 Å². The fraction of sp³-hybridized carbons (Fsp3) is 0.733. The Hall–Kier alpha value is -1.11. The van der Waals surface area contributed by atoms with E-state index in [1.54, 1.807) is 6.33 Å². The number of hydrogen-bond donors (Lipinski definition) is 1. The summed E-state index contributed by atoms with van der Waals surface area (Å²) in [5.74, 6) is 0.928. The molecule has 2 aliphatic rings. The van der Waals surface area contributed by atoms with Crippen LogP contribution in [0.2, 0.25) is 5.15 Å². The van der Waals surface area contributed by atoms with Gasteiger partial charge in [-0.3, -0.25) is 4.90 Å². The molecule has 1 N–H and O–H groups in total. The topological polar surface area (TPSA) is 47.5 Å². The largest absolute Gasteiger partial charge is 0.383 e. The van der Waals surface area contributed by atoms with Crippen molar-refractivity contribution in [3.63, 3.8) is 0 Å². The Kier molecular flexibility index (Phi) is 5.00. The fourth-order valence-electron chi connectivity index (χ4n) is 3.49. The normalized spacial score (nSPS) is 24.0. The quantitative estimate of drug-likeness (QED) is 0.845. The molecule has 22 heavy (non-hydrogen) atoms. The van der Waals surface area contributed by atoms with Gasteiger partial charge in [-0.1, -0.05) is 18.5 Å². The van der Waals surface area contributed by atoms with Crippen molar-refractivity contribution in [1.82, 2.24) is 19.8 Å². The first kappa shape index (κ1) is 15.8. The lowest BCUT2D eigenvalue weighted by molar-refractivity contribution is 0.107. The van der Waals surface area contributed by atoms with Gasteiger partial charge in [0.25, 0.3) is 0 Å². The van der Waals surface area contributed by atoms with Crippen LogP contribution in [0.1, 0.15) is 13.3 Å². The van der Waals surface area contributed by atoms with Crippen LogP contribution in [0.5, 0.6) is 0 Å². The number of anilines is 2. The maximum Gasteiger partial charge on any atom is 0.157 e. The third-order valence-electron chi connectivity index (χ3n) is 4.86. The van der Waals surface area contributed by atoms with Gasteiger partial charge in [-0.05, 0) is 13.0 Å². The zero-order valence-corrected chi connectivity index (χ0v) is 14.2. The second-order valence-corrected chi connectivity index (χ2v) is 6.33. The van der Waals surface area contributed by atoms with Gasteiger partial charge in [0.1, 0.15) is 12.0 Å². The van der Waals surface area contributed by atoms with Crippen molar-refractivity contribution in [2.45, 2.75) is 19.4 Å². The van der Waals surface area contributed by atoms with Crippen molar-refractivity contribution >= 4 is 23.1 Å². The van der Waals surface area contributed by atoms with Crippen LogP contribution in [0.25, 0.3) is 0 Å². The number of likely N-dealkylation sites (N-methyl/N-ethyl adjacent to an activating group) is 1. The lowest BCUT2D eigenvalue weighted by Crippen LogP contribution is -2.50. The summed E-state index contributed by atoms with van der Waals surface area (Å²) < 4.78 is 0. The SMILES string of the molecule is CCN1CCN(C2CCN(c3ncnc(Cl)c3NC)C2)CC1. The second kappa shape index (κ2) is 6.98. The monoisotopic (exact) mass is 324 g/mol. The number of nitrogens with one attached hydrogen (secondary N) is 1. The zero-order valence-electron chi connectivity index (χ0n) is 13.4. The Morgan fingerprint density at radius 2 is 2.00 bits per heavy atom. The van der Waals surface area contributed by atoms with Gasteiger partial charge in [0.2, 0.25) is 0 Å². The van der Waals surface area contributed by atoms with Crippen LogP contribution in [-0.4, -0.2) is 78.7 Å². The maximum atomic E-state index is 6.17. The molecule has 2 saturated heterocycles. The van der Waals surface area contributed by atoms with E-state index in [0.717, 1.165) is 31.1 Å². The van der Waals surface area contributed by atoms with Gasteiger partial charge in [-0.2, -0.15) is 0 Å². The Balaban J connectivity index is 1.64. The van der Waals surface area contributed by atoms with E-state index < -0.39 is 0 Å². The molecule has 2 fully saturated rings. The number of piperazine rings is 1. The maximum absolute atomic E-state index is 6.17. The van der Waals surface area contributed by atoms with Crippen LogP contribution in [0, 0.1) is 0 Å². The number of aromatic nitrogens is 2. The van der Waals surface area contributed by atoms with Gasteiger partial charge < -0.3 is 15.1 Å². The minimum atomic E-state index is 0.493. The van der Waals surface area contributed by atoms with Crippen molar-refractivity contribution in [3.8, 4) is 0 Å². The predicted molar refractivity (Wildman–Crippen MR) is 90.9 cm³/mol. The van der Waals surface area contributed by atoms with Crippen molar-refractivity contribution in [1.29, 1.82) is 0 Å². The molecule has 1 aromatic heterocycles. The third kappa shape index (κ3) is 3.14. The van der Waals surface area contributed by atoms with Gasteiger partial charge >= 0.3 is 0 Å². The first-order valence-corrected chi connectivity index (χ1v) is 8.50.